The van der Waals surface area contributed by atoms with Gasteiger partial charge in [-0.2, -0.15) is 0 Å². The monoisotopic (exact) mass is 402 g/mol. The maximum atomic E-state index is 6.44. The van der Waals surface area contributed by atoms with Crippen molar-refractivity contribution in [1.82, 2.24) is 4.90 Å². The second kappa shape index (κ2) is 8.23. The number of aliphatic imine (C=N–C) groups is 1. The van der Waals surface area contributed by atoms with Crippen LogP contribution in [0, 0.1) is 0 Å². The van der Waals surface area contributed by atoms with Gasteiger partial charge >= 0.3 is 0 Å². The fourth-order valence-corrected chi connectivity index (χ4v) is 4.77. The first-order valence-electron chi connectivity index (χ1n) is 9.14. The van der Waals surface area contributed by atoms with Crippen molar-refractivity contribution in [2.45, 2.75) is 19.1 Å². The Morgan fingerprint density at radius 1 is 1.33 bits per heavy atom. The number of allylic oxidation sites excluding steroid dienone is 9. The molecule has 0 aromatic heterocycles. The first-order valence-corrected chi connectivity index (χ1v) is 10.4. The molecule has 0 N–H and O–H groups in total. The molecule has 27 heavy (non-hydrogen) atoms. The number of nitrogens with zero attached hydrogens (tertiary/aromatic N) is 2. The Morgan fingerprint density at radius 3 is 3.07 bits per heavy atom. The smallest absolute Gasteiger partial charge is 0.212 e. The molecule has 2 heterocycles. The largest absolute Gasteiger partial charge is 0.465 e. The van der Waals surface area contributed by atoms with Crippen LogP contribution < -0.4 is 0 Å². The van der Waals surface area contributed by atoms with E-state index in [1.54, 1.807) is 11.8 Å². The number of thioether (sulfide) groups is 1. The summed E-state index contributed by atoms with van der Waals surface area (Å²) in [4.78, 5) is 7.91. The fraction of sp³-hybridized carbons (Fsp3) is 0.381. The van der Waals surface area contributed by atoms with Crippen molar-refractivity contribution in [3.8, 4) is 0 Å². The lowest BCUT2D eigenvalue weighted by atomic mass is 10.0. The number of halogens is 1. The summed E-state index contributed by atoms with van der Waals surface area (Å²) in [5.74, 6) is 0.909. The van der Waals surface area contributed by atoms with Gasteiger partial charge in [0.05, 0.1) is 0 Å². The number of ether oxygens (including phenoxy) is 2. The summed E-state index contributed by atoms with van der Waals surface area (Å²) in [5, 5.41) is 2.86. The van der Waals surface area contributed by atoms with E-state index in [0.29, 0.717) is 13.2 Å². The first kappa shape index (κ1) is 18.8. The normalized spacial score (nSPS) is 23.4. The minimum atomic E-state index is -0.300. The van der Waals surface area contributed by atoms with Crippen LogP contribution >= 0.6 is 23.4 Å². The van der Waals surface area contributed by atoms with Crippen molar-refractivity contribution < 1.29 is 9.47 Å². The zero-order valence-electron chi connectivity index (χ0n) is 15.6. The second-order valence-electron chi connectivity index (χ2n) is 7.04. The Hall–Kier alpha value is -1.53. The van der Waals surface area contributed by atoms with Crippen LogP contribution in [0.15, 0.2) is 72.7 Å². The lowest BCUT2D eigenvalue weighted by molar-refractivity contribution is 0.0184. The third kappa shape index (κ3) is 4.02. The summed E-state index contributed by atoms with van der Waals surface area (Å²) in [5.41, 5.74) is 4.60. The highest BCUT2D eigenvalue weighted by atomic mass is 35.5. The Balaban J connectivity index is 1.51. The molecular weight excluding hydrogens is 380 g/mol. The molecule has 0 bridgehead atoms. The van der Waals surface area contributed by atoms with Crippen molar-refractivity contribution in [3.63, 3.8) is 0 Å². The summed E-state index contributed by atoms with van der Waals surface area (Å²) in [6.07, 6.45) is 11.6. The van der Waals surface area contributed by atoms with E-state index < -0.39 is 0 Å². The van der Waals surface area contributed by atoms with E-state index in [4.69, 9.17) is 21.1 Å². The number of hydrogen-bond donors (Lipinski definition) is 0. The quantitative estimate of drug-likeness (QED) is 0.610. The summed E-state index contributed by atoms with van der Waals surface area (Å²) in [6, 6.07) is 0. The summed E-state index contributed by atoms with van der Waals surface area (Å²) >= 11 is 8.17. The highest BCUT2D eigenvalue weighted by Gasteiger charge is 2.33. The maximum Gasteiger partial charge on any atom is 0.212 e. The molecular formula is C21H23ClN2O2S. The van der Waals surface area contributed by atoms with Crippen LogP contribution in [-0.4, -0.2) is 51.2 Å². The molecule has 6 heteroatoms. The third-order valence-corrected chi connectivity index (χ3v) is 6.08. The molecule has 0 radical (unpaired) electrons. The van der Waals surface area contributed by atoms with E-state index in [1.807, 2.05) is 17.7 Å². The van der Waals surface area contributed by atoms with Crippen LogP contribution in [0.25, 0.3) is 0 Å². The molecule has 4 nitrogen and oxygen atoms in total. The van der Waals surface area contributed by atoms with Gasteiger partial charge in [0.25, 0.3) is 0 Å². The predicted octanol–water partition coefficient (Wildman–Crippen LogP) is 4.54. The molecule has 0 aromatic rings. The highest BCUT2D eigenvalue weighted by molar-refractivity contribution is 8.06. The van der Waals surface area contributed by atoms with Gasteiger partial charge in [-0.05, 0) is 55.8 Å². The number of rotatable bonds is 6. The van der Waals surface area contributed by atoms with Crippen molar-refractivity contribution >= 4 is 29.6 Å². The molecule has 4 aliphatic rings. The molecule has 0 spiro atoms. The first-order chi connectivity index (χ1) is 13.1. The van der Waals surface area contributed by atoms with E-state index >= 15 is 0 Å². The van der Waals surface area contributed by atoms with Crippen molar-refractivity contribution in [3.05, 3.63) is 67.7 Å². The predicted molar refractivity (Wildman–Crippen MR) is 113 cm³/mol. The average Bonchev–Trinajstić information content (AvgIpc) is 2.92. The van der Waals surface area contributed by atoms with Crippen molar-refractivity contribution in [2.75, 3.05) is 33.9 Å². The number of hydrogen-bond acceptors (Lipinski definition) is 5. The van der Waals surface area contributed by atoms with Crippen molar-refractivity contribution in [2.24, 2.45) is 4.99 Å². The van der Waals surface area contributed by atoms with Crippen LogP contribution in [-0.2, 0) is 9.47 Å². The lowest BCUT2D eigenvalue weighted by Crippen LogP contribution is -2.24. The van der Waals surface area contributed by atoms with Gasteiger partial charge in [0.1, 0.15) is 12.4 Å². The van der Waals surface area contributed by atoms with Gasteiger partial charge in [0, 0.05) is 40.3 Å². The lowest BCUT2D eigenvalue weighted by Gasteiger charge is -2.24. The summed E-state index contributed by atoms with van der Waals surface area (Å²) in [6.45, 7) is 2.19. The Bertz CT molecular complexity index is 846. The molecule has 2 aliphatic heterocycles. The molecule has 1 atom stereocenters. The Kier molecular flexibility index (Phi) is 5.74. The van der Waals surface area contributed by atoms with Crippen LogP contribution in [0.5, 0.6) is 0 Å². The molecule has 142 valence electrons. The van der Waals surface area contributed by atoms with Gasteiger partial charge in [-0.25, -0.2) is 4.99 Å². The molecule has 0 saturated carbocycles. The third-order valence-electron chi connectivity index (χ3n) is 4.75. The summed E-state index contributed by atoms with van der Waals surface area (Å²) < 4.78 is 12.0. The van der Waals surface area contributed by atoms with Crippen molar-refractivity contribution in [1.29, 1.82) is 0 Å². The fourth-order valence-electron chi connectivity index (χ4n) is 3.43. The molecule has 0 aromatic carbocycles. The molecule has 1 unspecified atom stereocenters. The van der Waals surface area contributed by atoms with E-state index in [1.165, 1.54) is 21.6 Å². The van der Waals surface area contributed by atoms with Gasteiger partial charge in [0.15, 0.2) is 0 Å². The highest BCUT2D eigenvalue weighted by Crippen LogP contribution is 2.50. The van der Waals surface area contributed by atoms with Gasteiger partial charge in [0.2, 0.25) is 6.23 Å². The van der Waals surface area contributed by atoms with Gasteiger partial charge in [-0.15, -0.1) is 0 Å². The zero-order valence-corrected chi connectivity index (χ0v) is 17.1. The van der Waals surface area contributed by atoms with E-state index in [9.17, 15) is 0 Å². The van der Waals surface area contributed by atoms with Crippen LogP contribution in [0.2, 0.25) is 0 Å². The van der Waals surface area contributed by atoms with Gasteiger partial charge in [-0.3, -0.25) is 0 Å². The topological polar surface area (TPSA) is 34.1 Å². The van der Waals surface area contributed by atoms with Crippen LogP contribution in [0.1, 0.15) is 12.8 Å². The van der Waals surface area contributed by atoms with Crippen LogP contribution in [0.3, 0.4) is 0 Å². The van der Waals surface area contributed by atoms with E-state index in [-0.39, 0.29) is 6.23 Å². The summed E-state index contributed by atoms with van der Waals surface area (Å²) in [7, 11) is 4.13. The van der Waals surface area contributed by atoms with Crippen LogP contribution in [0.4, 0.5) is 0 Å². The molecule has 0 saturated heterocycles. The molecule has 0 amide bonds. The maximum absolute atomic E-state index is 6.44. The molecule has 2 aliphatic carbocycles. The molecule has 0 fully saturated rings. The Morgan fingerprint density at radius 2 is 2.22 bits per heavy atom. The second-order valence-corrected chi connectivity index (χ2v) is 8.36. The van der Waals surface area contributed by atoms with Gasteiger partial charge in [-0.1, -0.05) is 35.5 Å². The SMILES string of the molecule is CN(C)CCCOCC1N=CC2=CC=CC3=C4SC=CC(Cl)=C4CC3=C2O1. The Labute approximate surface area is 169 Å². The van der Waals surface area contributed by atoms with Gasteiger partial charge < -0.3 is 14.4 Å². The van der Waals surface area contributed by atoms with E-state index in [0.717, 1.165) is 35.8 Å². The standard InChI is InChI=1S/C21H23ClN2O2S/c1-24(2)8-4-9-25-13-19-23-12-14-5-3-6-15-16(20(14)26-19)11-17-18(22)7-10-27-21(15)17/h3,5-7,10,12,19H,4,8-9,11,13H2,1-2H3. The number of fused-ring (bicyclic) bond motifs is 3. The average molecular weight is 403 g/mol. The molecule has 4 rings (SSSR count). The minimum absolute atomic E-state index is 0.300. The minimum Gasteiger partial charge on any atom is -0.465 e. The zero-order chi connectivity index (χ0) is 18.8. The van der Waals surface area contributed by atoms with E-state index in [2.05, 4.69) is 42.2 Å².